The summed E-state index contributed by atoms with van der Waals surface area (Å²) in [6.07, 6.45) is 2.29. The van der Waals surface area contributed by atoms with Crippen LogP contribution in [0.25, 0.3) is 10.9 Å². The number of nitrogens with zero attached hydrogens (tertiary/aromatic N) is 2. The first-order valence-corrected chi connectivity index (χ1v) is 7.39. The average Bonchev–Trinajstić information content (AvgIpc) is 2.88. The largest absolute Gasteiger partial charge is 0.488 e. The second-order valence-electron chi connectivity index (χ2n) is 4.64. The van der Waals surface area contributed by atoms with E-state index in [0.717, 1.165) is 10.6 Å². The molecular formula is C15H14FN3OS. The molecule has 108 valence electrons. The molecule has 1 aromatic carbocycles. The van der Waals surface area contributed by atoms with E-state index in [9.17, 15) is 4.39 Å². The summed E-state index contributed by atoms with van der Waals surface area (Å²) in [6, 6.07) is 4.84. The van der Waals surface area contributed by atoms with Crippen molar-refractivity contribution in [2.24, 2.45) is 0 Å². The van der Waals surface area contributed by atoms with Crippen LogP contribution in [0.4, 0.5) is 10.1 Å². The van der Waals surface area contributed by atoms with Crippen molar-refractivity contribution in [2.45, 2.75) is 13.3 Å². The molecule has 6 heteroatoms. The number of fused-ring (bicyclic) bond motifs is 1. The van der Waals surface area contributed by atoms with Crippen LogP contribution in [0, 0.1) is 12.7 Å². The van der Waals surface area contributed by atoms with Crippen molar-refractivity contribution in [3.63, 3.8) is 0 Å². The number of anilines is 1. The topological polar surface area (TPSA) is 61.0 Å². The Morgan fingerprint density at radius 1 is 1.38 bits per heavy atom. The van der Waals surface area contributed by atoms with E-state index >= 15 is 0 Å². The van der Waals surface area contributed by atoms with Crippen LogP contribution in [-0.4, -0.2) is 16.6 Å². The molecule has 0 bridgehead atoms. The Hall–Kier alpha value is -2.21. The smallest absolute Gasteiger partial charge is 0.181 e. The lowest BCUT2D eigenvalue weighted by molar-refractivity contribution is 0.309. The van der Waals surface area contributed by atoms with Gasteiger partial charge in [0.2, 0.25) is 0 Å². The minimum atomic E-state index is -0.486. The minimum Gasteiger partial charge on any atom is -0.488 e. The summed E-state index contributed by atoms with van der Waals surface area (Å²) >= 11 is 1.57. The molecule has 0 aliphatic heterocycles. The fraction of sp³-hybridized carbons (Fsp3) is 0.200. The van der Waals surface area contributed by atoms with Gasteiger partial charge in [0.05, 0.1) is 17.8 Å². The van der Waals surface area contributed by atoms with E-state index in [2.05, 4.69) is 9.97 Å². The summed E-state index contributed by atoms with van der Waals surface area (Å²) in [5.74, 6) is -0.332. The minimum absolute atomic E-state index is 0.155. The highest BCUT2D eigenvalue weighted by Gasteiger charge is 2.13. The van der Waals surface area contributed by atoms with Gasteiger partial charge in [0, 0.05) is 34.6 Å². The molecule has 21 heavy (non-hydrogen) atoms. The SMILES string of the molecule is Cc1ncsc1CCOc1c(F)cc(N)c2cccnc12. The summed E-state index contributed by atoms with van der Waals surface area (Å²) in [4.78, 5) is 9.50. The Labute approximate surface area is 125 Å². The zero-order valence-electron chi connectivity index (χ0n) is 11.5. The lowest BCUT2D eigenvalue weighted by Gasteiger charge is -2.11. The zero-order chi connectivity index (χ0) is 14.8. The number of nitrogens with two attached hydrogens (primary N) is 1. The third-order valence-corrected chi connectivity index (χ3v) is 4.25. The highest BCUT2D eigenvalue weighted by atomic mass is 32.1. The maximum Gasteiger partial charge on any atom is 0.181 e. The molecule has 4 nitrogen and oxygen atoms in total. The van der Waals surface area contributed by atoms with Gasteiger partial charge in [0.15, 0.2) is 11.6 Å². The maximum atomic E-state index is 14.1. The monoisotopic (exact) mass is 303 g/mol. The van der Waals surface area contributed by atoms with Gasteiger partial charge in [0.1, 0.15) is 5.52 Å². The Balaban J connectivity index is 1.85. The number of thiazole rings is 1. The van der Waals surface area contributed by atoms with Crippen LogP contribution >= 0.6 is 11.3 Å². The number of benzene rings is 1. The maximum absolute atomic E-state index is 14.1. The van der Waals surface area contributed by atoms with Crippen LogP contribution in [0.1, 0.15) is 10.6 Å². The van der Waals surface area contributed by atoms with E-state index in [4.69, 9.17) is 10.5 Å². The molecule has 0 spiro atoms. The van der Waals surface area contributed by atoms with Crippen LogP contribution < -0.4 is 10.5 Å². The van der Waals surface area contributed by atoms with Gasteiger partial charge in [-0.1, -0.05) is 0 Å². The van der Waals surface area contributed by atoms with E-state index in [1.807, 2.05) is 6.92 Å². The van der Waals surface area contributed by atoms with Crippen LogP contribution in [0.3, 0.4) is 0 Å². The van der Waals surface area contributed by atoms with Gasteiger partial charge in [-0.3, -0.25) is 4.98 Å². The number of hydrogen-bond donors (Lipinski definition) is 1. The Kier molecular flexibility index (Phi) is 3.70. The highest BCUT2D eigenvalue weighted by Crippen LogP contribution is 2.31. The summed E-state index contributed by atoms with van der Waals surface area (Å²) in [6.45, 7) is 2.32. The molecule has 0 radical (unpaired) electrons. The van der Waals surface area contributed by atoms with Crippen molar-refractivity contribution in [1.29, 1.82) is 0 Å². The standard InChI is InChI=1S/C15H14FN3OS/c1-9-13(21-8-19-9)4-6-20-15-11(16)7-12(17)10-3-2-5-18-14(10)15/h2-3,5,7-8H,4,6,17H2,1H3. The molecule has 0 saturated heterocycles. The molecular weight excluding hydrogens is 289 g/mol. The van der Waals surface area contributed by atoms with Crippen molar-refractivity contribution in [3.8, 4) is 5.75 Å². The third kappa shape index (κ3) is 2.67. The van der Waals surface area contributed by atoms with Gasteiger partial charge < -0.3 is 10.5 Å². The Morgan fingerprint density at radius 2 is 2.24 bits per heavy atom. The number of pyridine rings is 1. The number of aryl methyl sites for hydroxylation is 1. The Morgan fingerprint density at radius 3 is 3.00 bits per heavy atom. The first-order chi connectivity index (χ1) is 10.2. The summed E-state index contributed by atoms with van der Waals surface area (Å²) in [5.41, 5.74) is 9.41. The van der Waals surface area contributed by atoms with Gasteiger partial charge >= 0.3 is 0 Å². The molecule has 0 atom stereocenters. The molecule has 0 fully saturated rings. The van der Waals surface area contributed by atoms with Crippen molar-refractivity contribution in [3.05, 3.63) is 46.3 Å². The molecule has 2 heterocycles. The zero-order valence-corrected chi connectivity index (χ0v) is 12.3. The first-order valence-electron chi connectivity index (χ1n) is 6.51. The van der Waals surface area contributed by atoms with Crippen molar-refractivity contribution >= 4 is 27.9 Å². The van der Waals surface area contributed by atoms with E-state index in [1.54, 1.807) is 35.2 Å². The average molecular weight is 303 g/mol. The van der Waals surface area contributed by atoms with Crippen molar-refractivity contribution in [2.75, 3.05) is 12.3 Å². The molecule has 2 N–H and O–H groups in total. The van der Waals surface area contributed by atoms with Gasteiger partial charge in [-0.25, -0.2) is 9.37 Å². The lowest BCUT2D eigenvalue weighted by Crippen LogP contribution is -2.04. The third-order valence-electron chi connectivity index (χ3n) is 3.25. The predicted octanol–water partition coefficient (Wildman–Crippen LogP) is 3.34. The number of rotatable bonds is 4. The van der Waals surface area contributed by atoms with Gasteiger partial charge in [-0.2, -0.15) is 0 Å². The van der Waals surface area contributed by atoms with Gasteiger partial charge in [-0.15, -0.1) is 11.3 Å². The second-order valence-corrected chi connectivity index (χ2v) is 5.58. The van der Waals surface area contributed by atoms with E-state index in [1.165, 1.54) is 6.07 Å². The molecule has 3 rings (SSSR count). The van der Waals surface area contributed by atoms with Crippen LogP contribution in [0.2, 0.25) is 0 Å². The van der Waals surface area contributed by atoms with Crippen LogP contribution in [0.5, 0.6) is 5.75 Å². The van der Waals surface area contributed by atoms with E-state index in [-0.39, 0.29) is 5.75 Å². The molecule has 0 amide bonds. The summed E-state index contributed by atoms with van der Waals surface area (Å²) in [5, 5.41) is 0.697. The first kappa shape index (κ1) is 13.8. The second kappa shape index (κ2) is 5.65. The Bertz CT molecular complexity index is 788. The normalized spacial score (nSPS) is 11.0. The molecule has 0 aliphatic carbocycles. The molecule has 2 aromatic heterocycles. The molecule has 0 aliphatic rings. The number of nitrogen functional groups attached to an aromatic ring is 1. The lowest BCUT2D eigenvalue weighted by atomic mass is 10.1. The summed E-state index contributed by atoms with van der Waals surface area (Å²) in [7, 11) is 0. The van der Waals surface area contributed by atoms with Crippen molar-refractivity contribution in [1.82, 2.24) is 9.97 Å². The van der Waals surface area contributed by atoms with Gasteiger partial charge in [0.25, 0.3) is 0 Å². The predicted molar refractivity (Wildman–Crippen MR) is 82.2 cm³/mol. The highest BCUT2D eigenvalue weighted by molar-refractivity contribution is 7.09. The quantitative estimate of drug-likeness (QED) is 0.751. The van der Waals surface area contributed by atoms with Crippen molar-refractivity contribution < 1.29 is 9.13 Å². The summed E-state index contributed by atoms with van der Waals surface area (Å²) < 4.78 is 19.7. The number of ether oxygens (including phenoxy) is 1. The number of hydrogen-bond acceptors (Lipinski definition) is 5. The van der Waals surface area contributed by atoms with Crippen LogP contribution in [0.15, 0.2) is 29.9 Å². The molecule has 3 aromatic rings. The van der Waals surface area contributed by atoms with Crippen LogP contribution in [-0.2, 0) is 6.42 Å². The van der Waals surface area contributed by atoms with Gasteiger partial charge in [-0.05, 0) is 19.1 Å². The number of aromatic nitrogens is 2. The fourth-order valence-corrected chi connectivity index (χ4v) is 2.92. The molecule has 0 unspecified atom stereocenters. The number of halogens is 1. The van der Waals surface area contributed by atoms with E-state index in [0.29, 0.717) is 29.6 Å². The van der Waals surface area contributed by atoms with E-state index < -0.39 is 5.82 Å². The fourth-order valence-electron chi connectivity index (χ4n) is 2.16. The molecule has 0 saturated carbocycles.